The number of fused-ring (bicyclic) bond motifs is 2. The van der Waals surface area contributed by atoms with Crippen LogP contribution in [-0.2, 0) is 4.79 Å². The zero-order valence-electron chi connectivity index (χ0n) is 18.6. The Hall–Kier alpha value is -3.25. The van der Waals surface area contributed by atoms with Crippen LogP contribution in [0.2, 0.25) is 0 Å². The van der Waals surface area contributed by atoms with E-state index in [-0.39, 0.29) is 30.8 Å². The fraction of sp³-hybridized carbons (Fsp3) is 0.545. The molecule has 1 saturated carbocycles. The average molecular weight is 497 g/mol. The summed E-state index contributed by atoms with van der Waals surface area (Å²) in [5.74, 6) is -1.68. The molecular weight excluding hydrogens is 473 g/mol. The van der Waals surface area contributed by atoms with E-state index in [0.29, 0.717) is 40.4 Å². The molecule has 1 aliphatic carbocycles. The van der Waals surface area contributed by atoms with Gasteiger partial charge in [0.1, 0.15) is 6.34 Å². The first kappa shape index (κ1) is 23.5. The molecule has 2 aromatic rings. The molecule has 2 aromatic heterocycles. The number of alkyl halides is 5. The predicted octanol–water partition coefficient (Wildman–Crippen LogP) is 3.89. The van der Waals surface area contributed by atoms with Gasteiger partial charge in [-0.1, -0.05) is 0 Å². The van der Waals surface area contributed by atoms with Crippen molar-refractivity contribution in [3.63, 3.8) is 0 Å². The number of aromatic amines is 1. The van der Waals surface area contributed by atoms with Crippen LogP contribution in [0.25, 0.3) is 11.1 Å². The van der Waals surface area contributed by atoms with Gasteiger partial charge in [0.2, 0.25) is 5.91 Å². The Balaban J connectivity index is 1.29. The number of rotatable bonds is 5. The van der Waals surface area contributed by atoms with E-state index in [2.05, 4.69) is 15.1 Å². The van der Waals surface area contributed by atoms with Crippen LogP contribution in [0.1, 0.15) is 37.9 Å². The lowest BCUT2D eigenvalue weighted by Gasteiger charge is -2.46. The number of aliphatic imine (C=N–C) groups is 1. The van der Waals surface area contributed by atoms with Gasteiger partial charge in [-0.05, 0) is 31.7 Å². The minimum Gasteiger partial charge on any atom is -0.358 e. The van der Waals surface area contributed by atoms with Crippen molar-refractivity contribution in [2.75, 3.05) is 13.1 Å². The van der Waals surface area contributed by atoms with E-state index in [1.165, 1.54) is 12.4 Å². The Morgan fingerprint density at radius 3 is 2.46 bits per heavy atom. The minimum absolute atomic E-state index is 0.138. The Labute approximate surface area is 197 Å². The van der Waals surface area contributed by atoms with E-state index < -0.39 is 24.6 Å². The summed E-state index contributed by atoms with van der Waals surface area (Å²) < 4.78 is 64.8. The number of nitrogens with one attached hydrogen (secondary N) is 2. The third-order valence-corrected chi connectivity index (χ3v) is 7.23. The van der Waals surface area contributed by atoms with Gasteiger partial charge in [-0.25, -0.2) is 9.67 Å². The van der Waals surface area contributed by atoms with Gasteiger partial charge in [0, 0.05) is 54.6 Å². The molecule has 35 heavy (non-hydrogen) atoms. The van der Waals surface area contributed by atoms with Gasteiger partial charge in [0.05, 0.1) is 17.8 Å². The maximum absolute atomic E-state index is 13.0. The topological polar surface area (TPSA) is 93.4 Å². The Bertz CT molecular complexity index is 1120. The fourth-order valence-corrected chi connectivity index (χ4v) is 5.40. The highest BCUT2D eigenvalue weighted by Gasteiger charge is 2.53. The van der Waals surface area contributed by atoms with Crippen molar-refractivity contribution in [1.29, 1.82) is 5.41 Å². The van der Waals surface area contributed by atoms with E-state index in [9.17, 15) is 26.7 Å². The van der Waals surface area contributed by atoms with Crippen LogP contribution in [0.3, 0.4) is 0 Å². The molecule has 2 unspecified atom stereocenters. The molecule has 5 rings (SSSR count). The summed E-state index contributed by atoms with van der Waals surface area (Å²) >= 11 is 0. The maximum atomic E-state index is 13.0. The van der Waals surface area contributed by atoms with Gasteiger partial charge in [-0.15, -0.1) is 0 Å². The highest BCUT2D eigenvalue weighted by Crippen LogP contribution is 2.46. The lowest BCUT2D eigenvalue weighted by atomic mass is 9.73. The van der Waals surface area contributed by atoms with Crippen LogP contribution >= 0.6 is 0 Å². The number of halogens is 5. The quantitative estimate of drug-likeness (QED) is 0.373. The van der Waals surface area contributed by atoms with Crippen molar-refractivity contribution in [3.05, 3.63) is 30.4 Å². The molecule has 2 atom stereocenters. The number of H-pyrrole nitrogens is 1. The second-order valence-corrected chi connectivity index (χ2v) is 9.31. The van der Waals surface area contributed by atoms with Crippen LogP contribution in [0.5, 0.6) is 0 Å². The number of amides is 1. The summed E-state index contributed by atoms with van der Waals surface area (Å²) in [6.45, 7) is -1.85. The lowest BCUT2D eigenvalue weighted by molar-refractivity contribution is -0.207. The number of nitrogens with zero attached hydrogens (tertiary/aromatic N) is 5. The number of hydrogen-bond donors (Lipinski definition) is 2. The standard InChI is InChI=1S/C22H24F5N7O/c23-21(24)33-8-14(7-31-33)13-5-18(29-6-13)19(30-11-28)32-9-16-1-2-17(10-32)34(16)20(35)12-3-15(4-12)22(25,26)27/h5-8,11-12,15-17,21,28-29H,1-4,9-10H2. The van der Waals surface area contributed by atoms with Crippen molar-refractivity contribution in [2.24, 2.45) is 16.8 Å². The Kier molecular flexibility index (Phi) is 5.88. The zero-order chi connectivity index (χ0) is 24.9. The summed E-state index contributed by atoms with van der Waals surface area (Å²) in [7, 11) is 0. The number of amidine groups is 1. The first-order valence-electron chi connectivity index (χ1n) is 11.4. The number of aromatic nitrogens is 3. The summed E-state index contributed by atoms with van der Waals surface area (Å²) in [5.41, 5.74) is 1.71. The number of carbonyl (C=O) groups is 1. The molecule has 2 N–H and O–H groups in total. The van der Waals surface area contributed by atoms with E-state index in [1.54, 1.807) is 17.2 Å². The summed E-state index contributed by atoms with van der Waals surface area (Å²) in [6.07, 6.45) is 2.09. The van der Waals surface area contributed by atoms with Crippen LogP contribution in [0, 0.1) is 17.2 Å². The molecule has 188 valence electrons. The second kappa shape index (κ2) is 8.76. The van der Waals surface area contributed by atoms with Gasteiger partial charge >= 0.3 is 12.7 Å². The van der Waals surface area contributed by atoms with E-state index in [4.69, 9.17) is 5.41 Å². The van der Waals surface area contributed by atoms with Crippen LogP contribution in [0.15, 0.2) is 29.6 Å². The monoisotopic (exact) mass is 497 g/mol. The Morgan fingerprint density at radius 2 is 1.89 bits per heavy atom. The van der Waals surface area contributed by atoms with Gasteiger partial charge in [0.15, 0.2) is 5.84 Å². The molecular formula is C22H24F5N7O. The van der Waals surface area contributed by atoms with Crippen molar-refractivity contribution in [3.8, 4) is 11.1 Å². The smallest absolute Gasteiger partial charge is 0.358 e. The number of carbonyl (C=O) groups excluding carboxylic acids is 1. The molecule has 0 spiro atoms. The molecule has 0 aromatic carbocycles. The molecule has 0 radical (unpaired) electrons. The summed E-state index contributed by atoms with van der Waals surface area (Å²) in [5, 5.41) is 11.1. The molecule has 3 fully saturated rings. The third kappa shape index (κ3) is 4.31. The van der Waals surface area contributed by atoms with E-state index in [0.717, 1.165) is 19.2 Å². The maximum Gasteiger partial charge on any atom is 0.391 e. The average Bonchev–Trinajstić information content (AvgIpc) is 3.47. The molecule has 3 aliphatic rings. The Morgan fingerprint density at radius 1 is 1.20 bits per heavy atom. The van der Waals surface area contributed by atoms with Crippen LogP contribution in [-0.4, -0.2) is 74.0 Å². The molecule has 2 saturated heterocycles. The molecule has 13 heteroatoms. The first-order chi connectivity index (χ1) is 16.7. The highest BCUT2D eigenvalue weighted by molar-refractivity contribution is 6.02. The molecule has 4 heterocycles. The van der Waals surface area contributed by atoms with Crippen LogP contribution < -0.4 is 0 Å². The number of likely N-dealkylation sites (tertiary alicyclic amines) is 1. The number of piperazine rings is 1. The second-order valence-electron chi connectivity index (χ2n) is 9.31. The third-order valence-electron chi connectivity index (χ3n) is 7.23. The molecule has 8 nitrogen and oxygen atoms in total. The van der Waals surface area contributed by atoms with Gasteiger partial charge in [-0.2, -0.15) is 27.1 Å². The van der Waals surface area contributed by atoms with Crippen molar-refractivity contribution >= 4 is 18.1 Å². The lowest BCUT2D eigenvalue weighted by Crippen LogP contribution is -2.59. The summed E-state index contributed by atoms with van der Waals surface area (Å²) in [6, 6.07) is 1.46. The van der Waals surface area contributed by atoms with E-state index >= 15 is 0 Å². The van der Waals surface area contributed by atoms with Gasteiger partial charge < -0.3 is 14.8 Å². The molecule has 2 bridgehead atoms. The van der Waals surface area contributed by atoms with Crippen molar-refractivity contribution < 1.29 is 26.7 Å². The predicted molar refractivity (Wildman–Crippen MR) is 116 cm³/mol. The fourth-order valence-electron chi connectivity index (χ4n) is 5.40. The normalized spacial score (nSPS) is 26.9. The van der Waals surface area contributed by atoms with E-state index in [1.807, 2.05) is 4.90 Å². The van der Waals surface area contributed by atoms with Gasteiger partial charge in [0.25, 0.3) is 0 Å². The minimum atomic E-state index is -4.25. The summed E-state index contributed by atoms with van der Waals surface area (Å²) in [4.78, 5) is 24.0. The van der Waals surface area contributed by atoms with Crippen LogP contribution in [0.4, 0.5) is 22.0 Å². The van der Waals surface area contributed by atoms with Crippen molar-refractivity contribution in [2.45, 2.75) is 50.5 Å². The zero-order valence-corrected chi connectivity index (χ0v) is 18.6. The highest BCUT2D eigenvalue weighted by atomic mass is 19.4. The SMILES string of the molecule is N=CN=C(c1cc(-c2cnn(C(F)F)c2)c[nH]1)N1CC2CCC(C1)N2C(=O)C1CC(C(F)(F)F)C1. The van der Waals surface area contributed by atoms with Crippen molar-refractivity contribution in [1.82, 2.24) is 24.6 Å². The molecule has 1 amide bonds. The largest absolute Gasteiger partial charge is 0.391 e. The molecule has 2 aliphatic heterocycles. The first-order valence-corrected chi connectivity index (χ1v) is 11.4. The van der Waals surface area contributed by atoms with Gasteiger partial charge in [-0.3, -0.25) is 10.2 Å². The number of hydrogen-bond acceptors (Lipinski definition) is 3.